The molecule has 0 aromatic rings. The standard InChI is InChI=1S/C17H36N2O6P2/c1-15(2)19(16(3)4)26(24-12-8-11-18)25-13-9-17(21-5)10-14-27(20,22-6)23-7/h15-17H,8-10,12-14H2,1-7H3. The Bertz CT molecular complexity index is 457. The quantitative estimate of drug-likeness (QED) is 0.262. The maximum absolute atomic E-state index is 12.2. The van der Waals surface area contributed by atoms with Crippen LogP contribution in [-0.4, -0.2) is 63.6 Å². The normalized spacial score (nSPS) is 14.7. The van der Waals surface area contributed by atoms with Gasteiger partial charge in [0.1, 0.15) is 0 Å². The number of hydrogen-bond donors (Lipinski definition) is 0. The number of nitriles is 1. The zero-order valence-corrected chi connectivity index (χ0v) is 19.5. The SMILES string of the molecule is COC(CCOP(OCCC#N)N(C(C)C)C(C)C)CCP(=O)(OC)OC. The van der Waals surface area contributed by atoms with Crippen molar-refractivity contribution in [2.75, 3.05) is 40.7 Å². The molecule has 0 heterocycles. The first-order valence-electron chi connectivity index (χ1n) is 9.19. The van der Waals surface area contributed by atoms with Crippen LogP contribution in [-0.2, 0) is 27.4 Å². The van der Waals surface area contributed by atoms with Gasteiger partial charge in [0.15, 0.2) is 0 Å². The van der Waals surface area contributed by atoms with Gasteiger partial charge in [0, 0.05) is 33.4 Å². The molecule has 0 aliphatic carbocycles. The summed E-state index contributed by atoms with van der Waals surface area (Å²) in [6.07, 6.45) is 1.68. The minimum atomic E-state index is -3.04. The third-order valence-electron chi connectivity index (χ3n) is 3.92. The minimum absolute atomic E-state index is 0.119. The molecule has 10 heteroatoms. The molecule has 0 amide bonds. The first kappa shape index (κ1) is 26.9. The van der Waals surface area contributed by atoms with Gasteiger partial charge in [-0.05, 0) is 40.5 Å². The summed E-state index contributed by atoms with van der Waals surface area (Å²) in [5.41, 5.74) is 0. The number of hydrogen-bond acceptors (Lipinski definition) is 8. The summed E-state index contributed by atoms with van der Waals surface area (Å²) >= 11 is 0. The highest BCUT2D eigenvalue weighted by Crippen LogP contribution is 2.48. The summed E-state index contributed by atoms with van der Waals surface area (Å²) < 4.78 is 41.6. The highest BCUT2D eigenvalue weighted by atomic mass is 31.2. The Morgan fingerprint density at radius 2 is 1.56 bits per heavy atom. The second-order valence-corrected chi connectivity index (χ2v) is 10.4. The number of methoxy groups -OCH3 is 1. The van der Waals surface area contributed by atoms with Crippen molar-refractivity contribution < 1.29 is 27.4 Å². The summed E-state index contributed by atoms with van der Waals surface area (Å²) in [6, 6.07) is 2.60. The molecular formula is C17H36N2O6P2. The molecule has 160 valence electrons. The summed E-state index contributed by atoms with van der Waals surface area (Å²) in [4.78, 5) is 0. The van der Waals surface area contributed by atoms with Crippen LogP contribution in [0.5, 0.6) is 0 Å². The first-order chi connectivity index (χ1) is 12.7. The van der Waals surface area contributed by atoms with E-state index in [2.05, 4.69) is 38.4 Å². The lowest BCUT2D eigenvalue weighted by atomic mass is 10.2. The summed E-state index contributed by atoms with van der Waals surface area (Å²) in [5, 5.41) is 8.75. The van der Waals surface area contributed by atoms with Gasteiger partial charge in [0.25, 0.3) is 8.53 Å². The molecule has 0 rings (SSSR count). The monoisotopic (exact) mass is 426 g/mol. The number of rotatable bonds is 16. The van der Waals surface area contributed by atoms with E-state index in [0.29, 0.717) is 32.5 Å². The Kier molecular flexibility index (Phi) is 14.8. The Morgan fingerprint density at radius 1 is 1.00 bits per heavy atom. The fraction of sp³-hybridized carbons (Fsp3) is 0.941. The largest absolute Gasteiger partial charge is 0.381 e. The van der Waals surface area contributed by atoms with Crippen molar-refractivity contribution in [3.63, 3.8) is 0 Å². The van der Waals surface area contributed by atoms with Crippen LogP contribution in [0.25, 0.3) is 0 Å². The van der Waals surface area contributed by atoms with Crippen molar-refractivity contribution in [3.05, 3.63) is 0 Å². The Labute approximate surface area is 165 Å². The van der Waals surface area contributed by atoms with E-state index in [4.69, 9.17) is 28.1 Å². The van der Waals surface area contributed by atoms with Crippen molar-refractivity contribution in [2.45, 2.75) is 65.1 Å². The second kappa shape index (κ2) is 14.8. The predicted molar refractivity (Wildman–Crippen MR) is 108 cm³/mol. The molecule has 0 aliphatic rings. The van der Waals surface area contributed by atoms with Crippen LogP contribution >= 0.6 is 16.1 Å². The van der Waals surface area contributed by atoms with Crippen LogP contribution in [0.1, 0.15) is 47.0 Å². The number of ether oxygens (including phenoxy) is 1. The van der Waals surface area contributed by atoms with E-state index in [1.54, 1.807) is 7.11 Å². The van der Waals surface area contributed by atoms with Crippen molar-refractivity contribution in [3.8, 4) is 6.07 Å². The predicted octanol–water partition coefficient (Wildman–Crippen LogP) is 4.56. The van der Waals surface area contributed by atoms with Crippen LogP contribution in [0, 0.1) is 11.3 Å². The van der Waals surface area contributed by atoms with Crippen LogP contribution < -0.4 is 0 Å². The minimum Gasteiger partial charge on any atom is -0.381 e. The Morgan fingerprint density at radius 3 is 2.00 bits per heavy atom. The van der Waals surface area contributed by atoms with Crippen LogP contribution in [0.2, 0.25) is 0 Å². The molecule has 0 N–H and O–H groups in total. The van der Waals surface area contributed by atoms with Crippen LogP contribution in [0.15, 0.2) is 0 Å². The third kappa shape index (κ3) is 10.9. The van der Waals surface area contributed by atoms with Crippen molar-refractivity contribution >= 4 is 16.1 Å². The van der Waals surface area contributed by atoms with Crippen molar-refractivity contribution in [1.82, 2.24) is 4.67 Å². The summed E-state index contributed by atoms with van der Waals surface area (Å²) in [5.74, 6) is 0. The molecule has 0 bridgehead atoms. The summed E-state index contributed by atoms with van der Waals surface area (Å²) in [7, 11) is 0.0800. The molecule has 2 atom stereocenters. The van der Waals surface area contributed by atoms with Crippen molar-refractivity contribution in [2.24, 2.45) is 0 Å². The molecular weight excluding hydrogens is 390 g/mol. The maximum Gasteiger partial charge on any atom is 0.330 e. The van der Waals surface area contributed by atoms with E-state index < -0.39 is 16.1 Å². The van der Waals surface area contributed by atoms with Crippen LogP contribution in [0.3, 0.4) is 0 Å². The zero-order chi connectivity index (χ0) is 20.9. The van der Waals surface area contributed by atoms with Gasteiger partial charge < -0.3 is 22.8 Å². The lowest BCUT2D eigenvalue weighted by molar-refractivity contribution is 0.0729. The van der Waals surface area contributed by atoms with Gasteiger partial charge in [-0.3, -0.25) is 4.57 Å². The Balaban J connectivity index is 4.70. The molecule has 27 heavy (non-hydrogen) atoms. The van der Waals surface area contributed by atoms with Gasteiger partial charge >= 0.3 is 7.60 Å². The lowest BCUT2D eigenvalue weighted by Crippen LogP contribution is -2.34. The molecule has 0 radical (unpaired) electrons. The smallest absolute Gasteiger partial charge is 0.330 e. The third-order valence-corrected chi connectivity index (χ3v) is 7.94. The Hall–Kier alpha value is -0.0900. The van der Waals surface area contributed by atoms with E-state index in [-0.39, 0.29) is 24.3 Å². The van der Waals surface area contributed by atoms with Gasteiger partial charge in [0.05, 0.1) is 38.0 Å². The van der Waals surface area contributed by atoms with Crippen LogP contribution in [0.4, 0.5) is 0 Å². The van der Waals surface area contributed by atoms with Crippen molar-refractivity contribution in [1.29, 1.82) is 5.26 Å². The zero-order valence-electron chi connectivity index (χ0n) is 17.7. The molecule has 0 aliphatic heterocycles. The molecule has 0 aromatic carbocycles. The molecule has 0 fully saturated rings. The topological polar surface area (TPSA) is 90.3 Å². The molecule has 0 aromatic heterocycles. The van der Waals surface area contributed by atoms with E-state index in [9.17, 15) is 4.57 Å². The van der Waals surface area contributed by atoms with E-state index in [1.165, 1.54) is 14.2 Å². The highest BCUT2D eigenvalue weighted by molar-refractivity contribution is 7.53. The molecule has 2 unspecified atom stereocenters. The van der Waals surface area contributed by atoms with Gasteiger partial charge in [0.2, 0.25) is 0 Å². The van der Waals surface area contributed by atoms with Gasteiger partial charge in [-0.25, -0.2) is 4.67 Å². The molecule has 8 nitrogen and oxygen atoms in total. The molecule has 0 spiro atoms. The highest BCUT2D eigenvalue weighted by Gasteiger charge is 2.28. The first-order valence-corrected chi connectivity index (χ1v) is 12.0. The van der Waals surface area contributed by atoms with Gasteiger partial charge in [-0.1, -0.05) is 0 Å². The average Bonchev–Trinajstić information content (AvgIpc) is 2.63. The number of nitrogens with zero attached hydrogens (tertiary/aromatic N) is 2. The van der Waals surface area contributed by atoms with E-state index in [1.807, 2.05) is 0 Å². The lowest BCUT2D eigenvalue weighted by Gasteiger charge is -2.35. The fourth-order valence-electron chi connectivity index (χ4n) is 2.51. The fourth-order valence-corrected chi connectivity index (χ4v) is 5.24. The van der Waals surface area contributed by atoms with Gasteiger partial charge in [-0.2, -0.15) is 5.26 Å². The maximum atomic E-state index is 12.2. The van der Waals surface area contributed by atoms with E-state index >= 15 is 0 Å². The molecule has 0 saturated carbocycles. The average molecular weight is 426 g/mol. The summed E-state index contributed by atoms with van der Waals surface area (Å²) in [6.45, 7) is 9.16. The van der Waals surface area contributed by atoms with E-state index in [0.717, 1.165) is 0 Å². The van der Waals surface area contributed by atoms with Gasteiger partial charge in [-0.15, -0.1) is 0 Å². The molecule has 0 saturated heterocycles. The second-order valence-electron chi connectivity index (χ2n) is 6.51.